The third-order valence-electron chi connectivity index (χ3n) is 5.04. The first kappa shape index (κ1) is 23.5. The molecule has 1 aromatic rings. The van der Waals surface area contributed by atoms with Crippen LogP contribution in [0.25, 0.3) is 0 Å². The van der Waals surface area contributed by atoms with E-state index in [2.05, 4.69) is 6.92 Å². The highest BCUT2D eigenvalue weighted by Crippen LogP contribution is 2.26. The van der Waals surface area contributed by atoms with Gasteiger partial charge in [0, 0.05) is 12.8 Å². The van der Waals surface area contributed by atoms with E-state index in [1.807, 2.05) is 0 Å². The molecule has 0 radical (unpaired) electrons. The maximum atomic E-state index is 12.1. The number of ether oxygens (including phenoxy) is 1. The third kappa shape index (κ3) is 11.0. The van der Waals surface area contributed by atoms with E-state index in [9.17, 15) is 15.0 Å². The molecule has 1 aromatic carbocycles. The summed E-state index contributed by atoms with van der Waals surface area (Å²) in [7, 11) is 1.51. The minimum absolute atomic E-state index is 0.0884. The molecule has 0 aliphatic rings. The van der Waals surface area contributed by atoms with Gasteiger partial charge in [-0.2, -0.15) is 0 Å². The van der Waals surface area contributed by atoms with Gasteiger partial charge in [0.25, 0.3) is 0 Å². The smallest absolute Gasteiger partial charge is 0.160 e. The number of aryl methyl sites for hydroxylation is 1. The molecule has 0 fully saturated rings. The van der Waals surface area contributed by atoms with Crippen LogP contribution in [0, 0.1) is 0 Å². The molecule has 4 nitrogen and oxygen atoms in total. The number of Topliss-reactive ketones (excluding diaryl/α,β-unsaturated/α-hetero) is 1. The third-order valence-corrected chi connectivity index (χ3v) is 5.04. The van der Waals surface area contributed by atoms with Crippen LogP contribution in [-0.2, 0) is 11.2 Å². The van der Waals surface area contributed by atoms with Gasteiger partial charge in [0.15, 0.2) is 11.5 Å². The summed E-state index contributed by atoms with van der Waals surface area (Å²) in [6.07, 6.45) is 12.8. The number of phenolic OH excluding ortho intramolecular Hbond substituents is 1. The minimum Gasteiger partial charge on any atom is -0.504 e. The number of ketones is 1. The van der Waals surface area contributed by atoms with Crippen molar-refractivity contribution in [2.45, 2.75) is 96.5 Å². The molecule has 27 heavy (non-hydrogen) atoms. The van der Waals surface area contributed by atoms with Gasteiger partial charge >= 0.3 is 0 Å². The zero-order chi connectivity index (χ0) is 19.9. The highest BCUT2D eigenvalue weighted by Gasteiger charge is 2.11. The van der Waals surface area contributed by atoms with Crippen LogP contribution >= 0.6 is 0 Å². The van der Waals surface area contributed by atoms with Crippen molar-refractivity contribution in [3.05, 3.63) is 23.8 Å². The molecule has 0 bridgehead atoms. The molecule has 0 saturated carbocycles. The molecule has 1 rings (SSSR count). The summed E-state index contributed by atoms with van der Waals surface area (Å²) < 4.78 is 5.08. The summed E-state index contributed by atoms with van der Waals surface area (Å²) in [5.41, 5.74) is 0.950. The van der Waals surface area contributed by atoms with Gasteiger partial charge in [-0.15, -0.1) is 0 Å². The van der Waals surface area contributed by atoms with Crippen molar-refractivity contribution in [2.24, 2.45) is 0 Å². The highest BCUT2D eigenvalue weighted by molar-refractivity contribution is 5.79. The molecule has 0 aliphatic carbocycles. The van der Waals surface area contributed by atoms with Gasteiger partial charge in [-0.25, -0.2) is 0 Å². The number of phenols is 1. The maximum absolute atomic E-state index is 12.1. The Balaban J connectivity index is 2.09. The average molecular weight is 379 g/mol. The van der Waals surface area contributed by atoms with Gasteiger partial charge in [-0.3, -0.25) is 4.79 Å². The molecule has 0 amide bonds. The Morgan fingerprint density at radius 3 is 2.30 bits per heavy atom. The number of methoxy groups -OCH3 is 1. The number of aliphatic hydroxyl groups excluding tert-OH is 1. The van der Waals surface area contributed by atoms with E-state index in [1.54, 1.807) is 18.2 Å². The Hall–Kier alpha value is -1.55. The second-order valence-electron chi connectivity index (χ2n) is 7.52. The molecular formula is C23H38O4. The fourth-order valence-corrected chi connectivity index (χ4v) is 3.32. The Bertz CT molecular complexity index is 527. The van der Waals surface area contributed by atoms with E-state index in [0.29, 0.717) is 25.0 Å². The van der Waals surface area contributed by atoms with Crippen LogP contribution in [0.3, 0.4) is 0 Å². The maximum Gasteiger partial charge on any atom is 0.160 e. The van der Waals surface area contributed by atoms with Gasteiger partial charge < -0.3 is 14.9 Å². The zero-order valence-electron chi connectivity index (χ0n) is 17.2. The Labute approximate surface area is 164 Å². The molecule has 4 heteroatoms. The van der Waals surface area contributed by atoms with Crippen LogP contribution in [0.4, 0.5) is 0 Å². The monoisotopic (exact) mass is 378 g/mol. The number of carbonyl (C=O) groups is 1. The van der Waals surface area contributed by atoms with E-state index < -0.39 is 6.10 Å². The first-order valence-electron chi connectivity index (χ1n) is 10.6. The van der Waals surface area contributed by atoms with Gasteiger partial charge in [-0.1, -0.05) is 70.8 Å². The first-order chi connectivity index (χ1) is 13.1. The van der Waals surface area contributed by atoms with E-state index in [1.165, 1.54) is 52.1 Å². The predicted molar refractivity (Wildman–Crippen MR) is 110 cm³/mol. The van der Waals surface area contributed by atoms with E-state index in [0.717, 1.165) is 18.4 Å². The number of aliphatic hydroxyl groups is 1. The molecular weight excluding hydrogens is 340 g/mol. The van der Waals surface area contributed by atoms with Crippen LogP contribution in [0.2, 0.25) is 0 Å². The van der Waals surface area contributed by atoms with Crippen LogP contribution in [0.5, 0.6) is 11.5 Å². The van der Waals surface area contributed by atoms with Crippen molar-refractivity contribution < 1.29 is 19.7 Å². The summed E-state index contributed by atoms with van der Waals surface area (Å²) in [6, 6.07) is 5.13. The average Bonchev–Trinajstić information content (AvgIpc) is 2.66. The largest absolute Gasteiger partial charge is 0.504 e. The fraction of sp³-hybridized carbons (Fsp3) is 0.696. The lowest BCUT2D eigenvalue weighted by Crippen LogP contribution is -2.14. The van der Waals surface area contributed by atoms with Crippen LogP contribution in [0.15, 0.2) is 18.2 Å². The van der Waals surface area contributed by atoms with Crippen molar-refractivity contribution in [3.63, 3.8) is 0 Å². The number of benzene rings is 1. The summed E-state index contributed by atoms with van der Waals surface area (Å²) in [6.45, 7) is 2.24. The normalized spacial score (nSPS) is 12.1. The summed E-state index contributed by atoms with van der Waals surface area (Å²) >= 11 is 0. The van der Waals surface area contributed by atoms with Crippen molar-refractivity contribution in [2.75, 3.05) is 7.11 Å². The lowest BCUT2D eigenvalue weighted by atomic mass is 10.00. The van der Waals surface area contributed by atoms with Crippen molar-refractivity contribution >= 4 is 5.78 Å². The molecule has 2 N–H and O–H groups in total. The Morgan fingerprint density at radius 1 is 1.04 bits per heavy atom. The van der Waals surface area contributed by atoms with Gasteiger partial charge in [0.2, 0.25) is 0 Å². The van der Waals surface area contributed by atoms with E-state index in [-0.39, 0.29) is 18.0 Å². The fourth-order valence-electron chi connectivity index (χ4n) is 3.32. The highest BCUT2D eigenvalue weighted by atomic mass is 16.5. The predicted octanol–water partition coefficient (Wildman–Crippen LogP) is 5.57. The van der Waals surface area contributed by atoms with Crippen molar-refractivity contribution in [1.82, 2.24) is 0 Å². The second-order valence-corrected chi connectivity index (χ2v) is 7.52. The van der Waals surface area contributed by atoms with E-state index >= 15 is 0 Å². The number of aromatic hydroxyl groups is 1. The molecule has 0 spiro atoms. The Morgan fingerprint density at radius 2 is 1.67 bits per heavy atom. The second kappa shape index (κ2) is 14.5. The molecule has 154 valence electrons. The molecule has 0 heterocycles. The van der Waals surface area contributed by atoms with Crippen LogP contribution < -0.4 is 4.74 Å². The first-order valence-corrected chi connectivity index (χ1v) is 10.6. The molecule has 1 atom stereocenters. The van der Waals surface area contributed by atoms with E-state index in [4.69, 9.17) is 4.74 Å². The summed E-state index contributed by atoms with van der Waals surface area (Å²) in [5.74, 6) is 0.611. The van der Waals surface area contributed by atoms with Crippen LogP contribution in [-0.4, -0.2) is 29.2 Å². The molecule has 0 aromatic heterocycles. The number of hydrogen-bond acceptors (Lipinski definition) is 4. The Kier molecular flexibility index (Phi) is 12.6. The molecule has 0 aliphatic heterocycles. The quantitative estimate of drug-likeness (QED) is 0.369. The molecule has 0 saturated heterocycles. The number of rotatable bonds is 16. The zero-order valence-corrected chi connectivity index (χ0v) is 17.2. The SMILES string of the molecule is CCCCCCCCCCCC(O)CC(=O)CCc1ccc(O)c(OC)c1. The number of hydrogen-bond donors (Lipinski definition) is 2. The van der Waals surface area contributed by atoms with Gasteiger partial charge in [0.1, 0.15) is 5.78 Å². The summed E-state index contributed by atoms with van der Waals surface area (Å²) in [5, 5.41) is 19.7. The van der Waals surface area contributed by atoms with Gasteiger partial charge in [0.05, 0.1) is 13.2 Å². The molecule has 1 unspecified atom stereocenters. The van der Waals surface area contributed by atoms with Gasteiger partial charge in [-0.05, 0) is 30.5 Å². The lowest BCUT2D eigenvalue weighted by molar-refractivity contribution is -0.121. The topological polar surface area (TPSA) is 66.8 Å². The number of carbonyl (C=O) groups excluding carboxylic acids is 1. The van der Waals surface area contributed by atoms with Crippen molar-refractivity contribution in [1.29, 1.82) is 0 Å². The summed E-state index contributed by atoms with van der Waals surface area (Å²) in [4.78, 5) is 12.1. The number of unbranched alkanes of at least 4 members (excludes halogenated alkanes) is 8. The standard InChI is InChI=1S/C23H38O4/c1-3-4-5-6-7-8-9-10-11-12-20(24)18-21(25)15-13-19-14-16-22(26)23(17-19)27-2/h14,16-17,20,24,26H,3-13,15,18H2,1-2H3. The van der Waals surface area contributed by atoms with Crippen molar-refractivity contribution in [3.8, 4) is 11.5 Å². The lowest BCUT2D eigenvalue weighted by Gasteiger charge is -2.10. The van der Waals surface area contributed by atoms with Crippen LogP contribution in [0.1, 0.15) is 89.5 Å². The minimum atomic E-state index is -0.517.